The summed E-state index contributed by atoms with van der Waals surface area (Å²) in [5, 5.41) is 1.41. The van der Waals surface area contributed by atoms with Gasteiger partial charge in [-0.3, -0.25) is 0 Å². The highest BCUT2D eigenvalue weighted by Gasteiger charge is 2.12. The third-order valence-corrected chi connectivity index (χ3v) is 3.96. The normalized spacial score (nSPS) is 19.2. The first-order valence-electron chi connectivity index (χ1n) is 6.04. The number of anilines is 1. The van der Waals surface area contributed by atoms with E-state index in [4.69, 9.17) is 5.73 Å². The van der Waals surface area contributed by atoms with Gasteiger partial charge in [0.25, 0.3) is 0 Å². The molecule has 88 valence electrons. The molecule has 0 aliphatic carbocycles. The van der Waals surface area contributed by atoms with Gasteiger partial charge in [-0.1, -0.05) is 6.08 Å². The summed E-state index contributed by atoms with van der Waals surface area (Å²) >= 11 is 1.86. The summed E-state index contributed by atoms with van der Waals surface area (Å²) < 4.78 is 0. The van der Waals surface area contributed by atoms with Gasteiger partial charge in [0.2, 0.25) is 0 Å². The highest BCUT2D eigenvalue weighted by atomic mass is 32.1. The molecule has 0 aromatic carbocycles. The Morgan fingerprint density at radius 2 is 2.06 bits per heavy atom. The van der Waals surface area contributed by atoms with Crippen LogP contribution in [0, 0.1) is 0 Å². The van der Waals surface area contributed by atoms with Crippen molar-refractivity contribution in [3.8, 4) is 0 Å². The van der Waals surface area contributed by atoms with Crippen LogP contribution >= 0.6 is 11.3 Å². The zero-order chi connectivity index (χ0) is 11.4. The topological polar surface area (TPSA) is 29.3 Å². The number of thiophene rings is 1. The van der Waals surface area contributed by atoms with E-state index < -0.39 is 0 Å². The summed E-state index contributed by atoms with van der Waals surface area (Å²) in [5.74, 6) is 0. The summed E-state index contributed by atoms with van der Waals surface area (Å²) in [4.78, 5) is 3.80. The van der Waals surface area contributed by atoms with Crippen LogP contribution in [-0.2, 0) is 0 Å². The lowest BCUT2D eigenvalue weighted by molar-refractivity contribution is 0.580. The van der Waals surface area contributed by atoms with E-state index in [-0.39, 0.29) is 6.04 Å². The first-order valence-corrected chi connectivity index (χ1v) is 6.86. The van der Waals surface area contributed by atoms with Crippen molar-refractivity contribution in [1.29, 1.82) is 0 Å². The van der Waals surface area contributed by atoms with Gasteiger partial charge in [-0.15, -0.1) is 11.3 Å². The fourth-order valence-corrected chi connectivity index (χ4v) is 2.93. The van der Waals surface area contributed by atoms with Crippen molar-refractivity contribution in [2.24, 2.45) is 5.73 Å². The standard InChI is InChI=1S/C13H20N2S/c1-11(14)5-6-12-7-8-13(16-12)15-9-3-2-4-10-15/h5-8,11H,2-4,9-10,14H2,1H3/b6-5+. The maximum Gasteiger partial charge on any atom is 0.0914 e. The lowest BCUT2D eigenvalue weighted by Gasteiger charge is -2.27. The number of nitrogens with zero attached hydrogens (tertiary/aromatic N) is 1. The van der Waals surface area contributed by atoms with Crippen molar-refractivity contribution >= 4 is 22.4 Å². The first-order chi connectivity index (χ1) is 7.75. The maximum absolute atomic E-state index is 5.70. The second kappa shape index (κ2) is 5.51. The van der Waals surface area contributed by atoms with E-state index >= 15 is 0 Å². The van der Waals surface area contributed by atoms with Gasteiger partial charge in [0.05, 0.1) is 5.00 Å². The highest BCUT2D eigenvalue weighted by molar-refractivity contribution is 7.16. The molecule has 1 aromatic heterocycles. The summed E-state index contributed by atoms with van der Waals surface area (Å²) in [6.45, 7) is 4.43. The highest BCUT2D eigenvalue weighted by Crippen LogP contribution is 2.29. The molecular formula is C13H20N2S. The van der Waals surface area contributed by atoms with Gasteiger partial charge in [-0.05, 0) is 44.4 Å². The molecule has 16 heavy (non-hydrogen) atoms. The van der Waals surface area contributed by atoms with Crippen molar-refractivity contribution in [3.05, 3.63) is 23.1 Å². The summed E-state index contributed by atoms with van der Waals surface area (Å²) in [7, 11) is 0. The smallest absolute Gasteiger partial charge is 0.0914 e. The van der Waals surface area contributed by atoms with Gasteiger partial charge in [0, 0.05) is 24.0 Å². The van der Waals surface area contributed by atoms with Gasteiger partial charge < -0.3 is 10.6 Å². The van der Waals surface area contributed by atoms with Crippen molar-refractivity contribution in [2.45, 2.75) is 32.2 Å². The van der Waals surface area contributed by atoms with Gasteiger partial charge in [-0.2, -0.15) is 0 Å². The number of hydrogen-bond donors (Lipinski definition) is 1. The molecule has 1 aromatic rings. The molecule has 0 bridgehead atoms. The Hall–Kier alpha value is -0.800. The van der Waals surface area contributed by atoms with E-state index in [0.29, 0.717) is 0 Å². The average Bonchev–Trinajstić information content (AvgIpc) is 2.76. The van der Waals surface area contributed by atoms with Crippen molar-refractivity contribution < 1.29 is 0 Å². The summed E-state index contributed by atoms with van der Waals surface area (Å²) in [6, 6.07) is 4.56. The molecule has 2 rings (SSSR count). The third-order valence-electron chi connectivity index (χ3n) is 2.84. The molecule has 3 heteroatoms. The first kappa shape index (κ1) is 11.7. The number of nitrogens with two attached hydrogens (primary N) is 1. The minimum atomic E-state index is 0.139. The number of piperidine rings is 1. The van der Waals surface area contributed by atoms with E-state index in [1.165, 1.54) is 42.2 Å². The van der Waals surface area contributed by atoms with E-state index in [2.05, 4.69) is 23.1 Å². The maximum atomic E-state index is 5.70. The molecule has 1 fully saturated rings. The van der Waals surface area contributed by atoms with Gasteiger partial charge in [0.1, 0.15) is 0 Å². The van der Waals surface area contributed by atoms with Crippen LogP contribution in [0.5, 0.6) is 0 Å². The Morgan fingerprint density at radius 1 is 1.31 bits per heavy atom. The number of hydrogen-bond acceptors (Lipinski definition) is 3. The third kappa shape index (κ3) is 3.09. The van der Waals surface area contributed by atoms with E-state index in [1.807, 2.05) is 24.3 Å². The lowest BCUT2D eigenvalue weighted by atomic mass is 10.1. The molecule has 1 aliphatic rings. The Morgan fingerprint density at radius 3 is 2.75 bits per heavy atom. The minimum absolute atomic E-state index is 0.139. The zero-order valence-corrected chi connectivity index (χ0v) is 10.7. The molecule has 0 spiro atoms. The van der Waals surface area contributed by atoms with Crippen LogP contribution in [0.4, 0.5) is 5.00 Å². The van der Waals surface area contributed by atoms with Crippen LogP contribution in [-0.4, -0.2) is 19.1 Å². The molecule has 0 saturated carbocycles. The molecular weight excluding hydrogens is 216 g/mol. The van der Waals surface area contributed by atoms with Gasteiger partial charge >= 0.3 is 0 Å². The molecule has 2 nitrogen and oxygen atoms in total. The van der Waals surface area contributed by atoms with Crippen LogP contribution in [0.1, 0.15) is 31.1 Å². The van der Waals surface area contributed by atoms with E-state index in [1.54, 1.807) is 0 Å². The van der Waals surface area contributed by atoms with Crippen molar-refractivity contribution in [1.82, 2.24) is 0 Å². The second-order valence-electron chi connectivity index (χ2n) is 4.44. The molecule has 2 heterocycles. The predicted octanol–water partition coefficient (Wildman–Crippen LogP) is 3.10. The van der Waals surface area contributed by atoms with Crippen LogP contribution in [0.2, 0.25) is 0 Å². The molecule has 1 aliphatic heterocycles. The minimum Gasteiger partial charge on any atom is -0.363 e. The second-order valence-corrected chi connectivity index (χ2v) is 5.54. The fourth-order valence-electron chi connectivity index (χ4n) is 1.96. The molecule has 1 unspecified atom stereocenters. The quantitative estimate of drug-likeness (QED) is 0.874. The zero-order valence-electron chi connectivity index (χ0n) is 9.86. The van der Waals surface area contributed by atoms with Crippen molar-refractivity contribution in [2.75, 3.05) is 18.0 Å². The van der Waals surface area contributed by atoms with E-state index in [9.17, 15) is 0 Å². The van der Waals surface area contributed by atoms with Crippen LogP contribution in [0.3, 0.4) is 0 Å². The van der Waals surface area contributed by atoms with Crippen LogP contribution < -0.4 is 10.6 Å². The Kier molecular flexibility index (Phi) is 4.02. The average molecular weight is 236 g/mol. The van der Waals surface area contributed by atoms with E-state index in [0.717, 1.165) is 0 Å². The Labute approximate surface area is 102 Å². The SMILES string of the molecule is CC(N)/C=C/c1ccc(N2CCCCC2)s1. The Bertz CT molecular complexity index is 349. The number of rotatable bonds is 3. The fraction of sp³-hybridized carbons (Fsp3) is 0.538. The summed E-state index contributed by atoms with van der Waals surface area (Å²) in [6.07, 6.45) is 8.24. The van der Waals surface area contributed by atoms with Gasteiger partial charge in [-0.25, -0.2) is 0 Å². The lowest BCUT2D eigenvalue weighted by Crippen LogP contribution is -2.28. The Balaban J connectivity index is 2.01. The molecule has 1 saturated heterocycles. The molecule has 1 atom stereocenters. The largest absolute Gasteiger partial charge is 0.363 e. The molecule has 0 amide bonds. The molecule has 2 N–H and O–H groups in total. The van der Waals surface area contributed by atoms with Gasteiger partial charge in [0.15, 0.2) is 0 Å². The van der Waals surface area contributed by atoms with Crippen molar-refractivity contribution in [3.63, 3.8) is 0 Å². The molecule has 0 radical (unpaired) electrons. The summed E-state index contributed by atoms with van der Waals surface area (Å²) in [5.41, 5.74) is 5.70. The predicted molar refractivity (Wildman–Crippen MR) is 73.1 cm³/mol. The van der Waals surface area contributed by atoms with Crippen LogP contribution in [0.15, 0.2) is 18.2 Å². The van der Waals surface area contributed by atoms with Crippen LogP contribution in [0.25, 0.3) is 6.08 Å². The monoisotopic (exact) mass is 236 g/mol.